The van der Waals surface area contributed by atoms with Gasteiger partial charge < -0.3 is 15.0 Å². The van der Waals surface area contributed by atoms with Gasteiger partial charge in [0, 0.05) is 56.1 Å². The lowest BCUT2D eigenvalue weighted by Gasteiger charge is -2.35. The van der Waals surface area contributed by atoms with E-state index in [-0.39, 0.29) is 29.9 Å². The van der Waals surface area contributed by atoms with Crippen LogP contribution in [-0.2, 0) is 14.3 Å². The molecule has 3 aliphatic heterocycles. The van der Waals surface area contributed by atoms with Crippen molar-refractivity contribution in [2.75, 3.05) is 32.8 Å². The highest BCUT2D eigenvalue weighted by molar-refractivity contribution is 6.30. The van der Waals surface area contributed by atoms with E-state index in [4.69, 9.17) is 16.3 Å². The first kappa shape index (κ1) is 19.7. The highest BCUT2D eigenvalue weighted by Crippen LogP contribution is 2.31. The Kier molecular flexibility index (Phi) is 5.90. The van der Waals surface area contributed by atoms with Gasteiger partial charge in [0.1, 0.15) is 0 Å². The summed E-state index contributed by atoms with van der Waals surface area (Å²) in [6.07, 6.45) is 2.50. The molecule has 0 aromatic heterocycles. The predicted octanol–water partition coefficient (Wildman–Crippen LogP) is 2.23. The van der Waals surface area contributed by atoms with E-state index in [2.05, 4.69) is 10.2 Å². The number of carbonyl (C=O) groups excluding carboxylic acids is 2. The molecule has 1 N–H and O–H groups in total. The molecule has 0 unspecified atom stereocenters. The second kappa shape index (κ2) is 8.39. The molecule has 3 saturated heterocycles. The van der Waals surface area contributed by atoms with Crippen LogP contribution >= 0.6 is 11.6 Å². The van der Waals surface area contributed by atoms with Crippen LogP contribution in [0.15, 0.2) is 24.3 Å². The van der Waals surface area contributed by atoms with Crippen molar-refractivity contribution in [2.45, 2.75) is 44.4 Å². The molecule has 152 valence electrons. The summed E-state index contributed by atoms with van der Waals surface area (Å²) in [4.78, 5) is 28.4. The normalized spacial score (nSPS) is 28.8. The second-order valence-corrected chi connectivity index (χ2v) is 8.64. The van der Waals surface area contributed by atoms with Gasteiger partial charge in [0.25, 0.3) is 0 Å². The number of ether oxygens (including phenoxy) is 1. The van der Waals surface area contributed by atoms with Crippen LogP contribution in [0.4, 0.5) is 0 Å². The summed E-state index contributed by atoms with van der Waals surface area (Å²) in [6.45, 7) is 5.36. The Morgan fingerprint density at radius 1 is 1.14 bits per heavy atom. The molecule has 3 heterocycles. The number of nitrogens with zero attached hydrogens (tertiary/aromatic N) is 2. The van der Waals surface area contributed by atoms with Gasteiger partial charge in [-0.05, 0) is 37.0 Å². The second-order valence-electron chi connectivity index (χ2n) is 8.20. The summed E-state index contributed by atoms with van der Waals surface area (Å²) < 4.78 is 6.09. The van der Waals surface area contributed by atoms with E-state index in [0.29, 0.717) is 25.7 Å². The number of hydrogen-bond acceptors (Lipinski definition) is 4. The van der Waals surface area contributed by atoms with E-state index in [0.717, 1.165) is 42.9 Å². The molecule has 6 nitrogen and oxygen atoms in total. The van der Waals surface area contributed by atoms with Crippen molar-refractivity contribution in [1.29, 1.82) is 0 Å². The lowest BCUT2D eigenvalue weighted by atomic mass is 9.95. The van der Waals surface area contributed by atoms with Crippen LogP contribution in [0, 0.1) is 5.92 Å². The zero-order chi connectivity index (χ0) is 19.7. The summed E-state index contributed by atoms with van der Waals surface area (Å²) in [7, 11) is 0. The SMILES string of the molecule is CC(=O)N1CCC(C(=O)N[C@@H]2C[C@H]3CO[C@@H](c4ccc(Cl)cc4)CN3C2)CC1. The molecule has 4 rings (SSSR count). The maximum absolute atomic E-state index is 12.7. The van der Waals surface area contributed by atoms with E-state index in [1.165, 1.54) is 0 Å². The Hall–Kier alpha value is -1.63. The maximum atomic E-state index is 12.7. The quantitative estimate of drug-likeness (QED) is 0.837. The molecule has 1 aromatic rings. The number of benzene rings is 1. The standard InChI is InChI=1S/C21H28ClN3O3/c1-14(26)24-8-6-16(7-9-24)21(27)23-18-10-19-13-28-20(12-25(19)11-18)15-2-4-17(22)5-3-15/h2-5,16,18-20H,6-13H2,1H3,(H,23,27)/t18-,19+,20-/m1/s1. The fourth-order valence-electron chi connectivity index (χ4n) is 4.63. The van der Waals surface area contributed by atoms with Crippen molar-refractivity contribution in [1.82, 2.24) is 15.1 Å². The van der Waals surface area contributed by atoms with Crippen LogP contribution < -0.4 is 5.32 Å². The molecule has 2 amide bonds. The molecule has 7 heteroatoms. The molecule has 0 aliphatic carbocycles. The molecular formula is C21H28ClN3O3. The molecule has 0 saturated carbocycles. The summed E-state index contributed by atoms with van der Waals surface area (Å²) in [5, 5.41) is 3.99. The van der Waals surface area contributed by atoms with Crippen molar-refractivity contribution >= 4 is 23.4 Å². The highest BCUT2D eigenvalue weighted by atomic mass is 35.5. The average Bonchev–Trinajstić information content (AvgIpc) is 3.10. The number of likely N-dealkylation sites (tertiary alicyclic amines) is 1. The molecule has 1 aromatic carbocycles. The van der Waals surface area contributed by atoms with Crippen molar-refractivity contribution in [3.63, 3.8) is 0 Å². The van der Waals surface area contributed by atoms with E-state index in [1.807, 2.05) is 29.2 Å². The Morgan fingerprint density at radius 2 is 1.86 bits per heavy atom. The summed E-state index contributed by atoms with van der Waals surface area (Å²) >= 11 is 5.98. The largest absolute Gasteiger partial charge is 0.371 e. The molecule has 28 heavy (non-hydrogen) atoms. The third kappa shape index (κ3) is 4.34. The fraction of sp³-hybridized carbons (Fsp3) is 0.619. The molecule has 3 aliphatic rings. The van der Waals surface area contributed by atoms with Gasteiger partial charge in [-0.25, -0.2) is 0 Å². The van der Waals surface area contributed by atoms with Crippen LogP contribution in [0.1, 0.15) is 37.9 Å². The lowest BCUT2D eigenvalue weighted by molar-refractivity contribution is -0.134. The van der Waals surface area contributed by atoms with Crippen molar-refractivity contribution in [2.24, 2.45) is 5.92 Å². The van der Waals surface area contributed by atoms with E-state index in [1.54, 1.807) is 6.92 Å². The van der Waals surface area contributed by atoms with Crippen LogP contribution in [-0.4, -0.2) is 66.5 Å². The number of rotatable bonds is 3. The third-order valence-corrected chi connectivity index (χ3v) is 6.57. The van der Waals surface area contributed by atoms with Crippen LogP contribution in [0.2, 0.25) is 5.02 Å². The molecule has 3 atom stereocenters. The van der Waals surface area contributed by atoms with E-state index < -0.39 is 0 Å². The van der Waals surface area contributed by atoms with E-state index >= 15 is 0 Å². The molecule has 3 fully saturated rings. The first-order valence-corrected chi connectivity index (χ1v) is 10.5. The van der Waals surface area contributed by atoms with Crippen molar-refractivity contribution < 1.29 is 14.3 Å². The Balaban J connectivity index is 1.28. The van der Waals surface area contributed by atoms with Crippen LogP contribution in [0.25, 0.3) is 0 Å². The zero-order valence-corrected chi connectivity index (χ0v) is 17.0. The third-order valence-electron chi connectivity index (χ3n) is 6.32. The van der Waals surface area contributed by atoms with Gasteiger partial charge in [0.15, 0.2) is 0 Å². The minimum atomic E-state index is 0.0197. The van der Waals surface area contributed by atoms with Crippen molar-refractivity contribution in [3.05, 3.63) is 34.9 Å². The van der Waals surface area contributed by atoms with Gasteiger partial charge in [0.05, 0.1) is 12.7 Å². The van der Waals surface area contributed by atoms with Gasteiger partial charge in [-0.3, -0.25) is 14.5 Å². The molecule has 0 spiro atoms. The van der Waals surface area contributed by atoms with E-state index in [9.17, 15) is 9.59 Å². The Labute approximate surface area is 171 Å². The smallest absolute Gasteiger partial charge is 0.223 e. The minimum Gasteiger partial charge on any atom is -0.371 e. The predicted molar refractivity (Wildman–Crippen MR) is 107 cm³/mol. The van der Waals surface area contributed by atoms with Crippen LogP contribution in [0.5, 0.6) is 0 Å². The fourth-order valence-corrected chi connectivity index (χ4v) is 4.76. The number of morpholine rings is 1. The summed E-state index contributed by atoms with van der Waals surface area (Å²) in [5.74, 6) is 0.260. The molecule has 0 radical (unpaired) electrons. The first-order chi connectivity index (χ1) is 13.5. The number of hydrogen-bond donors (Lipinski definition) is 1. The number of carbonyl (C=O) groups is 2. The van der Waals surface area contributed by atoms with Gasteiger partial charge in [-0.1, -0.05) is 23.7 Å². The number of halogens is 1. The number of fused-ring (bicyclic) bond motifs is 1. The summed E-state index contributed by atoms with van der Waals surface area (Å²) in [5.41, 5.74) is 1.15. The average molecular weight is 406 g/mol. The number of amides is 2. The van der Waals surface area contributed by atoms with Gasteiger partial charge in [0.2, 0.25) is 11.8 Å². The first-order valence-electron chi connectivity index (χ1n) is 10.2. The molecule has 0 bridgehead atoms. The van der Waals surface area contributed by atoms with Gasteiger partial charge in [-0.2, -0.15) is 0 Å². The zero-order valence-electron chi connectivity index (χ0n) is 16.3. The number of piperidine rings is 1. The Bertz CT molecular complexity index is 718. The topological polar surface area (TPSA) is 61.9 Å². The highest BCUT2D eigenvalue weighted by Gasteiger charge is 2.39. The summed E-state index contributed by atoms with van der Waals surface area (Å²) in [6, 6.07) is 8.39. The Morgan fingerprint density at radius 3 is 2.54 bits per heavy atom. The monoisotopic (exact) mass is 405 g/mol. The van der Waals surface area contributed by atoms with Crippen molar-refractivity contribution in [3.8, 4) is 0 Å². The minimum absolute atomic E-state index is 0.0197. The van der Waals surface area contributed by atoms with Crippen LogP contribution in [0.3, 0.4) is 0 Å². The lowest BCUT2D eigenvalue weighted by Crippen LogP contribution is -2.46. The maximum Gasteiger partial charge on any atom is 0.223 e. The molecular weight excluding hydrogens is 378 g/mol. The van der Waals surface area contributed by atoms with Gasteiger partial charge >= 0.3 is 0 Å². The van der Waals surface area contributed by atoms with Gasteiger partial charge in [-0.15, -0.1) is 0 Å². The number of nitrogens with one attached hydrogen (secondary N) is 1.